The topological polar surface area (TPSA) is 92.6 Å². The van der Waals surface area contributed by atoms with Crippen molar-refractivity contribution in [1.29, 1.82) is 0 Å². The molecule has 0 bridgehead atoms. The molecule has 0 aliphatic carbocycles. The number of nitrogens with zero attached hydrogens (tertiary/aromatic N) is 2. The van der Waals surface area contributed by atoms with Crippen LogP contribution in [0.2, 0.25) is 0 Å². The molecule has 1 rings (SSSR count). The second-order valence-corrected chi connectivity index (χ2v) is 4.11. The van der Waals surface area contributed by atoms with Crippen LogP contribution in [-0.2, 0) is 26.4 Å². The molecule has 2 N–H and O–H groups in total. The van der Waals surface area contributed by atoms with Gasteiger partial charge in [0.25, 0.3) is 5.89 Å². The molecule has 1 unspecified atom stereocenters. The van der Waals surface area contributed by atoms with Crippen molar-refractivity contribution in [3.8, 4) is 0 Å². The molecule has 0 aliphatic heterocycles. The van der Waals surface area contributed by atoms with Crippen molar-refractivity contribution in [1.82, 2.24) is 10.1 Å². The van der Waals surface area contributed by atoms with Crippen molar-refractivity contribution >= 4 is 0 Å². The molecule has 1 aromatic rings. The molecule has 104 valence electrons. The highest BCUT2D eigenvalue weighted by molar-refractivity contribution is 5.01. The Morgan fingerprint density at radius 1 is 1.33 bits per heavy atom. The Labute approximate surface area is 107 Å². The second kappa shape index (κ2) is 7.42. The normalized spacial score (nSPS) is 14.7. The van der Waals surface area contributed by atoms with Gasteiger partial charge in [-0.05, 0) is 13.8 Å². The van der Waals surface area contributed by atoms with Gasteiger partial charge in [0.2, 0.25) is 0 Å². The van der Waals surface area contributed by atoms with Gasteiger partial charge in [0, 0.05) is 13.7 Å². The van der Waals surface area contributed by atoms with Gasteiger partial charge in [-0.15, -0.1) is 0 Å². The van der Waals surface area contributed by atoms with Gasteiger partial charge in [-0.1, -0.05) is 5.16 Å². The summed E-state index contributed by atoms with van der Waals surface area (Å²) in [7, 11) is 1.61. The number of ether oxygens (including phenoxy) is 3. The first kappa shape index (κ1) is 15.0. The van der Waals surface area contributed by atoms with Crippen molar-refractivity contribution in [3.63, 3.8) is 0 Å². The number of aromatic nitrogens is 2. The highest BCUT2D eigenvalue weighted by atomic mass is 16.5. The first-order valence-corrected chi connectivity index (χ1v) is 5.86. The molecule has 0 amide bonds. The van der Waals surface area contributed by atoms with Crippen molar-refractivity contribution in [2.45, 2.75) is 26.0 Å². The lowest BCUT2D eigenvalue weighted by molar-refractivity contribution is 0.0494. The summed E-state index contributed by atoms with van der Waals surface area (Å²) < 4.78 is 20.5. The monoisotopic (exact) mass is 259 g/mol. The summed E-state index contributed by atoms with van der Waals surface area (Å²) in [6.07, 6.45) is 0. The predicted molar refractivity (Wildman–Crippen MR) is 63.9 cm³/mol. The van der Waals surface area contributed by atoms with Crippen LogP contribution in [0, 0.1) is 0 Å². The number of hydrogen-bond acceptors (Lipinski definition) is 7. The third-order valence-electron chi connectivity index (χ3n) is 2.24. The molecule has 7 heteroatoms. The van der Waals surface area contributed by atoms with E-state index in [0.717, 1.165) is 0 Å². The van der Waals surface area contributed by atoms with E-state index < -0.39 is 5.54 Å². The highest BCUT2D eigenvalue weighted by Gasteiger charge is 2.27. The smallest absolute Gasteiger partial charge is 0.252 e. The summed E-state index contributed by atoms with van der Waals surface area (Å²) >= 11 is 0. The number of rotatable bonds is 9. The van der Waals surface area contributed by atoms with Crippen LogP contribution < -0.4 is 5.73 Å². The third kappa shape index (κ3) is 4.69. The zero-order valence-electron chi connectivity index (χ0n) is 11.1. The lowest BCUT2D eigenvalue weighted by atomic mass is 10.1. The second-order valence-electron chi connectivity index (χ2n) is 4.11. The van der Waals surface area contributed by atoms with Gasteiger partial charge in [-0.3, -0.25) is 0 Å². The van der Waals surface area contributed by atoms with Crippen molar-refractivity contribution in [3.05, 3.63) is 11.7 Å². The summed E-state index contributed by atoms with van der Waals surface area (Å²) in [5.41, 5.74) is 5.28. The summed E-state index contributed by atoms with van der Waals surface area (Å²) in [5.74, 6) is 0.815. The van der Waals surface area contributed by atoms with Crippen LogP contribution in [0.25, 0.3) is 0 Å². The minimum atomic E-state index is -0.760. The fourth-order valence-electron chi connectivity index (χ4n) is 1.23. The number of hydrogen-bond donors (Lipinski definition) is 1. The quantitative estimate of drug-likeness (QED) is 0.643. The van der Waals surface area contributed by atoms with Gasteiger partial charge in [-0.25, -0.2) is 0 Å². The summed E-state index contributed by atoms with van der Waals surface area (Å²) in [6.45, 7) is 5.89. The Kier molecular flexibility index (Phi) is 6.20. The zero-order chi connectivity index (χ0) is 13.4. The Morgan fingerprint density at radius 2 is 2.11 bits per heavy atom. The van der Waals surface area contributed by atoms with Crippen LogP contribution in [-0.4, -0.2) is 43.7 Å². The van der Waals surface area contributed by atoms with Crippen LogP contribution in [0.1, 0.15) is 25.6 Å². The van der Waals surface area contributed by atoms with Crippen molar-refractivity contribution in [2.75, 3.05) is 33.5 Å². The molecule has 7 nitrogen and oxygen atoms in total. The molecule has 1 heterocycles. The zero-order valence-corrected chi connectivity index (χ0v) is 11.1. The fourth-order valence-corrected chi connectivity index (χ4v) is 1.23. The van der Waals surface area contributed by atoms with E-state index in [-0.39, 0.29) is 6.61 Å². The van der Waals surface area contributed by atoms with Crippen molar-refractivity contribution in [2.24, 2.45) is 5.73 Å². The Bertz CT molecular complexity index is 341. The van der Waals surface area contributed by atoms with E-state index in [1.807, 2.05) is 6.92 Å². The van der Waals surface area contributed by atoms with E-state index in [4.69, 9.17) is 24.5 Å². The van der Waals surface area contributed by atoms with Gasteiger partial charge in [-0.2, -0.15) is 4.98 Å². The Balaban J connectivity index is 2.46. The first-order valence-electron chi connectivity index (χ1n) is 5.86. The highest BCUT2D eigenvalue weighted by Crippen LogP contribution is 2.15. The van der Waals surface area contributed by atoms with E-state index >= 15 is 0 Å². The van der Waals surface area contributed by atoms with Crippen LogP contribution in [0.5, 0.6) is 0 Å². The molecule has 0 aromatic carbocycles. The SMILES string of the molecule is CCOCC(C)(N)c1noc(COCCOC)n1. The fraction of sp³-hybridized carbons (Fsp3) is 0.818. The molecule has 18 heavy (non-hydrogen) atoms. The molecule has 0 saturated heterocycles. The molecule has 0 aliphatic rings. The van der Waals surface area contributed by atoms with Gasteiger partial charge in [0.05, 0.1) is 19.8 Å². The van der Waals surface area contributed by atoms with Gasteiger partial charge in [0.1, 0.15) is 12.1 Å². The molecule has 0 fully saturated rings. The average molecular weight is 259 g/mol. The number of nitrogens with two attached hydrogens (primary N) is 1. The maximum Gasteiger partial charge on any atom is 0.252 e. The standard InChI is InChI=1S/C11H21N3O4/c1-4-16-8-11(2,12)10-13-9(18-14-10)7-17-6-5-15-3/h4-8,12H2,1-3H3. The van der Waals surface area contributed by atoms with Gasteiger partial charge in [0.15, 0.2) is 5.82 Å². The maximum absolute atomic E-state index is 6.04. The van der Waals surface area contributed by atoms with E-state index in [2.05, 4.69) is 10.1 Å². The average Bonchev–Trinajstić information content (AvgIpc) is 2.82. The summed E-state index contributed by atoms with van der Waals surface area (Å²) in [5, 5.41) is 3.84. The minimum absolute atomic E-state index is 0.251. The molecule has 0 saturated carbocycles. The summed E-state index contributed by atoms with van der Waals surface area (Å²) in [4.78, 5) is 4.18. The van der Waals surface area contributed by atoms with Crippen molar-refractivity contribution < 1.29 is 18.7 Å². The van der Waals surface area contributed by atoms with Crippen LogP contribution >= 0.6 is 0 Å². The van der Waals surface area contributed by atoms with Gasteiger partial charge < -0.3 is 24.5 Å². The molecule has 0 radical (unpaired) electrons. The van der Waals surface area contributed by atoms with E-state index in [0.29, 0.717) is 38.1 Å². The largest absolute Gasteiger partial charge is 0.382 e. The van der Waals surface area contributed by atoms with E-state index in [1.165, 1.54) is 0 Å². The Morgan fingerprint density at radius 3 is 2.78 bits per heavy atom. The third-order valence-corrected chi connectivity index (χ3v) is 2.24. The molecule has 1 atom stereocenters. The minimum Gasteiger partial charge on any atom is -0.382 e. The Hall–Kier alpha value is -1.02. The number of methoxy groups -OCH3 is 1. The molecule has 1 aromatic heterocycles. The molecular weight excluding hydrogens is 238 g/mol. The van der Waals surface area contributed by atoms with E-state index in [1.54, 1.807) is 14.0 Å². The van der Waals surface area contributed by atoms with Crippen LogP contribution in [0.15, 0.2) is 4.52 Å². The molecule has 0 spiro atoms. The predicted octanol–water partition coefficient (Wildman–Crippen LogP) is 0.443. The summed E-state index contributed by atoms with van der Waals surface area (Å²) in [6, 6.07) is 0. The van der Waals surface area contributed by atoms with Crippen LogP contribution in [0.3, 0.4) is 0 Å². The molecular formula is C11H21N3O4. The van der Waals surface area contributed by atoms with Crippen LogP contribution in [0.4, 0.5) is 0 Å². The lowest BCUT2D eigenvalue weighted by Crippen LogP contribution is -2.39. The van der Waals surface area contributed by atoms with Gasteiger partial charge >= 0.3 is 0 Å². The van der Waals surface area contributed by atoms with E-state index in [9.17, 15) is 0 Å². The maximum atomic E-state index is 6.04. The first-order chi connectivity index (χ1) is 8.60. The lowest BCUT2D eigenvalue weighted by Gasteiger charge is -2.19.